The Labute approximate surface area is 121 Å². The predicted octanol–water partition coefficient (Wildman–Crippen LogP) is 1.18. The van der Waals surface area contributed by atoms with Crippen LogP contribution >= 0.6 is 0 Å². The third-order valence-corrected chi connectivity index (χ3v) is 4.61. The molecule has 2 aliphatic heterocycles. The minimum atomic E-state index is -0.133. The molecule has 20 heavy (non-hydrogen) atoms. The quantitative estimate of drug-likeness (QED) is 0.787. The third kappa shape index (κ3) is 4.20. The van der Waals surface area contributed by atoms with E-state index in [4.69, 9.17) is 4.74 Å². The van der Waals surface area contributed by atoms with Crippen LogP contribution in [0, 0.1) is 11.8 Å². The van der Waals surface area contributed by atoms with Crippen molar-refractivity contribution in [1.29, 1.82) is 0 Å². The van der Waals surface area contributed by atoms with Crippen molar-refractivity contribution in [2.24, 2.45) is 11.8 Å². The Morgan fingerprint density at radius 3 is 2.40 bits per heavy atom. The number of likely N-dealkylation sites (tertiary alicyclic amines) is 1. The molecular weight excluding hydrogens is 256 g/mol. The summed E-state index contributed by atoms with van der Waals surface area (Å²) >= 11 is 0. The van der Waals surface area contributed by atoms with E-state index >= 15 is 0 Å². The van der Waals surface area contributed by atoms with Crippen LogP contribution in [-0.4, -0.2) is 50.1 Å². The van der Waals surface area contributed by atoms with Crippen LogP contribution in [0.3, 0.4) is 0 Å². The zero-order valence-electron chi connectivity index (χ0n) is 12.4. The summed E-state index contributed by atoms with van der Waals surface area (Å²) in [6.45, 7) is 3.57. The lowest BCUT2D eigenvalue weighted by Crippen LogP contribution is -2.40. The number of methoxy groups -OCH3 is 1. The summed E-state index contributed by atoms with van der Waals surface area (Å²) in [5.74, 6) is 0.805. The van der Waals surface area contributed by atoms with Gasteiger partial charge in [0, 0.05) is 19.5 Å². The zero-order chi connectivity index (χ0) is 14.4. The van der Waals surface area contributed by atoms with Gasteiger partial charge in [-0.15, -0.1) is 0 Å². The highest BCUT2D eigenvalue weighted by Gasteiger charge is 2.28. The standard InChI is InChI=1S/C15H26N2O3/c1-20-15(19)13-6-10-17(11-7-13)14(18)3-2-12-4-8-16-9-5-12/h12-13,16H,2-11H2,1H3. The summed E-state index contributed by atoms with van der Waals surface area (Å²) in [5.41, 5.74) is 0. The maximum Gasteiger partial charge on any atom is 0.308 e. The van der Waals surface area contributed by atoms with Crippen LogP contribution in [0.15, 0.2) is 0 Å². The summed E-state index contributed by atoms with van der Waals surface area (Å²) in [6, 6.07) is 0. The van der Waals surface area contributed by atoms with Crippen molar-refractivity contribution >= 4 is 11.9 Å². The van der Waals surface area contributed by atoms with Gasteiger partial charge >= 0.3 is 5.97 Å². The molecule has 2 aliphatic rings. The molecule has 1 amide bonds. The lowest BCUT2D eigenvalue weighted by Gasteiger charge is -2.31. The van der Waals surface area contributed by atoms with Gasteiger partial charge in [-0.25, -0.2) is 0 Å². The molecule has 0 atom stereocenters. The van der Waals surface area contributed by atoms with Crippen LogP contribution < -0.4 is 5.32 Å². The molecule has 2 rings (SSSR count). The SMILES string of the molecule is COC(=O)C1CCN(C(=O)CCC2CCNCC2)CC1. The first kappa shape index (κ1) is 15.3. The maximum atomic E-state index is 12.2. The van der Waals surface area contributed by atoms with Crippen LogP contribution in [-0.2, 0) is 14.3 Å². The van der Waals surface area contributed by atoms with Gasteiger partial charge in [0.2, 0.25) is 5.91 Å². The van der Waals surface area contributed by atoms with E-state index in [2.05, 4.69) is 5.32 Å². The van der Waals surface area contributed by atoms with E-state index in [9.17, 15) is 9.59 Å². The molecule has 5 heteroatoms. The number of nitrogens with zero attached hydrogens (tertiary/aromatic N) is 1. The number of hydrogen-bond acceptors (Lipinski definition) is 4. The van der Waals surface area contributed by atoms with Gasteiger partial charge in [-0.1, -0.05) is 0 Å². The minimum absolute atomic E-state index is 0.0199. The molecule has 0 bridgehead atoms. The van der Waals surface area contributed by atoms with E-state index in [-0.39, 0.29) is 17.8 Å². The number of rotatable bonds is 4. The highest BCUT2D eigenvalue weighted by molar-refractivity contribution is 5.77. The van der Waals surface area contributed by atoms with Gasteiger partial charge in [0.15, 0.2) is 0 Å². The number of hydrogen-bond donors (Lipinski definition) is 1. The molecule has 2 saturated heterocycles. The van der Waals surface area contributed by atoms with Crippen molar-refractivity contribution < 1.29 is 14.3 Å². The Kier molecular flexibility index (Phi) is 5.83. The first-order valence-corrected chi connectivity index (χ1v) is 7.77. The number of carbonyl (C=O) groups excluding carboxylic acids is 2. The highest BCUT2D eigenvalue weighted by Crippen LogP contribution is 2.22. The van der Waals surface area contributed by atoms with E-state index in [0.29, 0.717) is 25.4 Å². The van der Waals surface area contributed by atoms with Crippen LogP contribution in [0.25, 0.3) is 0 Å². The number of amides is 1. The molecule has 0 radical (unpaired) electrons. The molecule has 0 aromatic carbocycles. The van der Waals surface area contributed by atoms with E-state index in [1.807, 2.05) is 4.90 Å². The van der Waals surface area contributed by atoms with Gasteiger partial charge in [-0.3, -0.25) is 9.59 Å². The van der Waals surface area contributed by atoms with Crippen molar-refractivity contribution in [3.8, 4) is 0 Å². The predicted molar refractivity (Wildman–Crippen MR) is 76.1 cm³/mol. The molecule has 2 heterocycles. The summed E-state index contributed by atoms with van der Waals surface area (Å²) in [5, 5.41) is 3.35. The Morgan fingerprint density at radius 2 is 1.80 bits per heavy atom. The molecular formula is C15H26N2O3. The highest BCUT2D eigenvalue weighted by atomic mass is 16.5. The molecule has 0 aliphatic carbocycles. The molecule has 5 nitrogen and oxygen atoms in total. The monoisotopic (exact) mass is 282 g/mol. The van der Waals surface area contributed by atoms with Gasteiger partial charge in [0.1, 0.15) is 0 Å². The van der Waals surface area contributed by atoms with Crippen molar-refractivity contribution in [2.75, 3.05) is 33.3 Å². The van der Waals surface area contributed by atoms with Crippen LogP contribution in [0.1, 0.15) is 38.5 Å². The first-order valence-electron chi connectivity index (χ1n) is 7.77. The average molecular weight is 282 g/mol. The summed E-state index contributed by atoms with van der Waals surface area (Å²) < 4.78 is 4.76. The number of carbonyl (C=O) groups is 2. The van der Waals surface area contributed by atoms with Crippen LogP contribution in [0.2, 0.25) is 0 Å². The Bertz CT molecular complexity index is 332. The molecule has 0 saturated carbocycles. The van der Waals surface area contributed by atoms with E-state index < -0.39 is 0 Å². The van der Waals surface area contributed by atoms with Crippen LogP contribution in [0.4, 0.5) is 0 Å². The second-order valence-electron chi connectivity index (χ2n) is 5.91. The van der Waals surface area contributed by atoms with Crippen molar-refractivity contribution in [2.45, 2.75) is 38.5 Å². The summed E-state index contributed by atoms with van der Waals surface area (Å²) in [4.78, 5) is 25.5. The Balaban J connectivity index is 1.67. The average Bonchev–Trinajstić information content (AvgIpc) is 2.53. The van der Waals surface area contributed by atoms with Crippen LogP contribution in [0.5, 0.6) is 0 Å². The van der Waals surface area contributed by atoms with Gasteiger partial charge in [-0.2, -0.15) is 0 Å². The van der Waals surface area contributed by atoms with E-state index in [1.165, 1.54) is 20.0 Å². The summed E-state index contributed by atoms with van der Waals surface area (Å²) in [7, 11) is 1.43. The lowest BCUT2D eigenvalue weighted by molar-refractivity contribution is -0.149. The molecule has 1 N–H and O–H groups in total. The molecule has 0 spiro atoms. The second kappa shape index (κ2) is 7.62. The number of esters is 1. The van der Waals surface area contributed by atoms with Gasteiger partial charge < -0.3 is 15.0 Å². The van der Waals surface area contributed by atoms with E-state index in [1.54, 1.807) is 0 Å². The third-order valence-electron chi connectivity index (χ3n) is 4.61. The van der Waals surface area contributed by atoms with Gasteiger partial charge in [-0.05, 0) is 51.1 Å². The molecule has 114 valence electrons. The molecule has 0 unspecified atom stereocenters. The van der Waals surface area contributed by atoms with Gasteiger partial charge in [0.25, 0.3) is 0 Å². The van der Waals surface area contributed by atoms with Gasteiger partial charge in [0.05, 0.1) is 13.0 Å². The zero-order valence-corrected chi connectivity index (χ0v) is 12.4. The first-order chi connectivity index (χ1) is 9.70. The number of nitrogens with one attached hydrogen (secondary N) is 1. The fourth-order valence-electron chi connectivity index (χ4n) is 3.19. The van der Waals surface area contributed by atoms with Crippen molar-refractivity contribution in [3.63, 3.8) is 0 Å². The van der Waals surface area contributed by atoms with Crippen molar-refractivity contribution in [1.82, 2.24) is 10.2 Å². The largest absolute Gasteiger partial charge is 0.469 e. The molecule has 2 fully saturated rings. The lowest BCUT2D eigenvalue weighted by atomic mass is 9.92. The fraction of sp³-hybridized carbons (Fsp3) is 0.867. The Morgan fingerprint density at radius 1 is 1.15 bits per heavy atom. The Hall–Kier alpha value is -1.10. The second-order valence-corrected chi connectivity index (χ2v) is 5.91. The number of piperidine rings is 2. The topological polar surface area (TPSA) is 58.6 Å². The molecule has 0 aromatic heterocycles. The number of ether oxygens (including phenoxy) is 1. The molecule has 0 aromatic rings. The smallest absolute Gasteiger partial charge is 0.308 e. The normalized spacial score (nSPS) is 21.8. The fourth-order valence-corrected chi connectivity index (χ4v) is 3.19. The summed E-state index contributed by atoms with van der Waals surface area (Å²) in [6.07, 6.45) is 5.54. The maximum absolute atomic E-state index is 12.2. The van der Waals surface area contributed by atoms with Crippen molar-refractivity contribution in [3.05, 3.63) is 0 Å². The minimum Gasteiger partial charge on any atom is -0.469 e. The van der Waals surface area contributed by atoms with E-state index in [0.717, 1.165) is 32.4 Å².